The molecule has 0 spiro atoms. The number of nitrogens with zero attached hydrogens (tertiary/aromatic N) is 2. The fourth-order valence-electron chi connectivity index (χ4n) is 2.52. The molecular weight excluding hydrogens is 399 g/mol. The number of hydrogen-bond acceptors (Lipinski definition) is 9. The second kappa shape index (κ2) is 9.59. The van der Waals surface area contributed by atoms with Crippen LogP contribution >= 0.6 is 0 Å². The predicted octanol–water partition coefficient (Wildman–Crippen LogP) is 3.02. The third-order valence-corrected chi connectivity index (χ3v) is 3.92. The summed E-state index contributed by atoms with van der Waals surface area (Å²) in [5, 5.41) is 7.78. The van der Waals surface area contributed by atoms with Gasteiger partial charge in [0.1, 0.15) is 0 Å². The van der Waals surface area contributed by atoms with Gasteiger partial charge in [0.25, 0.3) is 5.89 Å². The monoisotopic (exact) mass is 418 g/mol. The lowest BCUT2D eigenvalue weighted by molar-refractivity contribution is -0.148. The first-order chi connectivity index (χ1) is 14.5. The Labute approximate surface area is 171 Å². The number of rotatable bonds is 9. The van der Waals surface area contributed by atoms with Gasteiger partial charge in [-0.3, -0.25) is 0 Å². The zero-order valence-electron chi connectivity index (χ0n) is 16.5. The Morgan fingerprint density at radius 1 is 1.00 bits per heavy atom. The highest BCUT2D eigenvalue weighted by Crippen LogP contribution is 2.40. The molecule has 0 aliphatic rings. The number of methoxy groups -OCH3 is 3. The molecule has 0 aliphatic heterocycles. The van der Waals surface area contributed by atoms with Crippen LogP contribution < -0.4 is 18.9 Å². The van der Waals surface area contributed by atoms with Crippen LogP contribution in [0.25, 0.3) is 11.5 Å². The highest BCUT2D eigenvalue weighted by Gasteiger charge is 2.18. The van der Waals surface area contributed by atoms with Gasteiger partial charge in [0, 0.05) is 5.56 Å². The maximum absolute atomic E-state index is 13.5. The highest BCUT2D eigenvalue weighted by atomic mass is 19.1. The molecule has 3 rings (SSSR count). The molecule has 0 bridgehead atoms. The summed E-state index contributed by atoms with van der Waals surface area (Å²) in [6, 6.07) is 9.03. The van der Waals surface area contributed by atoms with E-state index < -0.39 is 18.4 Å². The molecule has 2 aromatic carbocycles. The van der Waals surface area contributed by atoms with Gasteiger partial charge in [0.2, 0.25) is 11.6 Å². The van der Waals surface area contributed by atoms with E-state index in [9.17, 15) is 9.18 Å². The molecule has 10 heteroatoms. The Bertz CT molecular complexity index is 997. The second-order valence-corrected chi connectivity index (χ2v) is 5.79. The number of halogens is 1. The molecule has 0 saturated carbocycles. The average molecular weight is 418 g/mol. The molecule has 0 radical (unpaired) electrons. The summed E-state index contributed by atoms with van der Waals surface area (Å²) in [7, 11) is 4.47. The molecule has 0 unspecified atom stereocenters. The molecule has 0 fully saturated rings. The molecule has 9 nitrogen and oxygen atoms in total. The Morgan fingerprint density at radius 3 is 2.33 bits per heavy atom. The van der Waals surface area contributed by atoms with E-state index in [1.807, 2.05) is 0 Å². The summed E-state index contributed by atoms with van der Waals surface area (Å²) in [4.78, 5) is 11.8. The van der Waals surface area contributed by atoms with Gasteiger partial charge in [-0.05, 0) is 24.3 Å². The van der Waals surface area contributed by atoms with Crippen LogP contribution in [0.4, 0.5) is 4.39 Å². The summed E-state index contributed by atoms with van der Waals surface area (Å²) in [6.07, 6.45) is 0. The van der Waals surface area contributed by atoms with Gasteiger partial charge in [0.15, 0.2) is 36.3 Å². The van der Waals surface area contributed by atoms with Crippen molar-refractivity contribution in [3.05, 3.63) is 48.1 Å². The Kier molecular flexibility index (Phi) is 6.68. The van der Waals surface area contributed by atoms with Crippen molar-refractivity contribution in [3.8, 4) is 34.5 Å². The van der Waals surface area contributed by atoms with E-state index in [0.717, 1.165) is 0 Å². The third kappa shape index (κ3) is 4.77. The van der Waals surface area contributed by atoms with E-state index in [1.165, 1.54) is 39.5 Å². The van der Waals surface area contributed by atoms with Crippen molar-refractivity contribution >= 4 is 5.97 Å². The number of carbonyl (C=O) groups is 1. The van der Waals surface area contributed by atoms with E-state index >= 15 is 0 Å². The van der Waals surface area contributed by atoms with Crippen molar-refractivity contribution in [3.63, 3.8) is 0 Å². The number of para-hydroxylation sites is 1. The summed E-state index contributed by atoms with van der Waals surface area (Å²) >= 11 is 0. The molecule has 30 heavy (non-hydrogen) atoms. The number of esters is 1. The molecule has 3 aromatic rings. The number of ether oxygens (including phenoxy) is 5. The van der Waals surface area contributed by atoms with Gasteiger partial charge in [-0.1, -0.05) is 12.1 Å². The lowest BCUT2D eigenvalue weighted by Gasteiger charge is -2.12. The number of carbonyl (C=O) groups excluding carboxylic acids is 1. The van der Waals surface area contributed by atoms with Gasteiger partial charge >= 0.3 is 5.97 Å². The van der Waals surface area contributed by atoms with E-state index in [2.05, 4.69) is 10.2 Å². The minimum Gasteiger partial charge on any atom is -0.493 e. The van der Waals surface area contributed by atoms with Crippen LogP contribution in [0, 0.1) is 5.82 Å². The quantitative estimate of drug-likeness (QED) is 0.485. The number of aromatic nitrogens is 2. The van der Waals surface area contributed by atoms with Crippen LogP contribution in [0.1, 0.15) is 5.89 Å². The van der Waals surface area contributed by atoms with Crippen LogP contribution in [0.15, 0.2) is 40.8 Å². The molecule has 0 atom stereocenters. The molecule has 0 amide bonds. The highest BCUT2D eigenvalue weighted by molar-refractivity contribution is 5.71. The van der Waals surface area contributed by atoms with Crippen LogP contribution in [0.2, 0.25) is 0 Å². The summed E-state index contributed by atoms with van der Waals surface area (Å²) in [5.74, 6) is 0.166. The minimum absolute atomic E-state index is 0.0445. The van der Waals surface area contributed by atoms with Crippen molar-refractivity contribution in [1.29, 1.82) is 0 Å². The number of benzene rings is 2. The molecule has 158 valence electrons. The van der Waals surface area contributed by atoms with Gasteiger partial charge < -0.3 is 28.1 Å². The molecule has 0 saturated heterocycles. The average Bonchev–Trinajstić information content (AvgIpc) is 3.25. The van der Waals surface area contributed by atoms with Crippen molar-refractivity contribution < 1.29 is 37.3 Å². The van der Waals surface area contributed by atoms with Crippen molar-refractivity contribution in [2.75, 3.05) is 27.9 Å². The lowest BCUT2D eigenvalue weighted by Crippen LogP contribution is -2.15. The fraction of sp³-hybridized carbons (Fsp3) is 0.250. The van der Waals surface area contributed by atoms with E-state index in [4.69, 9.17) is 28.1 Å². The zero-order valence-corrected chi connectivity index (χ0v) is 16.5. The second-order valence-electron chi connectivity index (χ2n) is 5.79. The van der Waals surface area contributed by atoms with Crippen LogP contribution in [0.3, 0.4) is 0 Å². The first-order valence-electron chi connectivity index (χ1n) is 8.71. The molecule has 1 heterocycles. The van der Waals surface area contributed by atoms with Gasteiger partial charge in [0.05, 0.1) is 21.3 Å². The molecule has 1 aromatic heterocycles. The van der Waals surface area contributed by atoms with Crippen LogP contribution in [-0.4, -0.2) is 44.1 Å². The van der Waals surface area contributed by atoms with Crippen molar-refractivity contribution in [2.45, 2.75) is 6.61 Å². The number of hydrogen-bond donors (Lipinski definition) is 0. The maximum Gasteiger partial charge on any atom is 0.344 e. The molecule has 0 N–H and O–H groups in total. The van der Waals surface area contributed by atoms with Gasteiger partial charge in [-0.25, -0.2) is 9.18 Å². The first-order valence-corrected chi connectivity index (χ1v) is 8.71. The van der Waals surface area contributed by atoms with Crippen LogP contribution in [0.5, 0.6) is 23.0 Å². The predicted molar refractivity (Wildman–Crippen MR) is 101 cm³/mol. The van der Waals surface area contributed by atoms with Gasteiger partial charge in [-0.2, -0.15) is 0 Å². The fourth-order valence-corrected chi connectivity index (χ4v) is 2.52. The summed E-state index contributed by atoms with van der Waals surface area (Å²) in [6.45, 7) is -0.730. The van der Waals surface area contributed by atoms with E-state index in [0.29, 0.717) is 22.8 Å². The Morgan fingerprint density at radius 2 is 1.70 bits per heavy atom. The first kappa shape index (κ1) is 20.9. The Hall–Kier alpha value is -3.82. The molecular formula is C20H19FN2O7. The molecule has 0 aliphatic carbocycles. The Balaban J connectivity index is 1.62. The largest absolute Gasteiger partial charge is 0.493 e. The van der Waals surface area contributed by atoms with Gasteiger partial charge in [-0.15, -0.1) is 10.2 Å². The summed E-state index contributed by atoms with van der Waals surface area (Å²) < 4.78 is 44.9. The van der Waals surface area contributed by atoms with E-state index in [1.54, 1.807) is 18.2 Å². The topological polar surface area (TPSA) is 102 Å². The maximum atomic E-state index is 13.5. The lowest BCUT2D eigenvalue weighted by atomic mass is 10.2. The standard InChI is InChI=1S/C20H19FN2O7/c1-25-15-8-12(9-16(26-2)19(15)27-3)20-23-22-17(30-20)10-29-18(24)11-28-14-7-5-4-6-13(14)21/h4-9H,10-11H2,1-3H3. The smallest absolute Gasteiger partial charge is 0.344 e. The summed E-state index contributed by atoms with van der Waals surface area (Å²) in [5.41, 5.74) is 0.525. The van der Waals surface area contributed by atoms with Crippen LogP contribution in [-0.2, 0) is 16.1 Å². The van der Waals surface area contributed by atoms with Crippen molar-refractivity contribution in [2.24, 2.45) is 0 Å². The SMILES string of the molecule is COc1cc(-c2nnc(COC(=O)COc3ccccc3F)o2)cc(OC)c1OC. The van der Waals surface area contributed by atoms with Crippen molar-refractivity contribution in [1.82, 2.24) is 10.2 Å². The minimum atomic E-state index is -0.717. The third-order valence-electron chi connectivity index (χ3n) is 3.92. The van der Waals surface area contributed by atoms with E-state index in [-0.39, 0.29) is 24.1 Å². The zero-order chi connectivity index (χ0) is 21.5. The normalized spacial score (nSPS) is 10.4.